The molecule has 2 heterocycles. The Kier molecular flexibility index (Phi) is 3.33. The summed E-state index contributed by atoms with van der Waals surface area (Å²) >= 11 is 0. The maximum absolute atomic E-state index is 12.2. The van der Waals surface area contributed by atoms with Gasteiger partial charge >= 0.3 is 5.97 Å². The highest BCUT2D eigenvalue weighted by Crippen LogP contribution is 2.21. The summed E-state index contributed by atoms with van der Waals surface area (Å²) in [5, 5.41) is 8.68. The van der Waals surface area contributed by atoms with Crippen LogP contribution in [-0.2, 0) is 11.3 Å². The summed E-state index contributed by atoms with van der Waals surface area (Å²) in [6, 6.07) is 1.85. The molecular weight excluding hydrogens is 250 g/mol. The largest absolute Gasteiger partial charge is 0.462 e. The summed E-state index contributed by atoms with van der Waals surface area (Å²) in [5.74, 6) is -0.361. The molecule has 0 radical (unpaired) electrons. The van der Waals surface area contributed by atoms with Crippen LogP contribution in [0.1, 0.15) is 23.0 Å². The van der Waals surface area contributed by atoms with Gasteiger partial charge in [-0.2, -0.15) is 5.26 Å². The molecule has 0 aliphatic heterocycles. The van der Waals surface area contributed by atoms with Crippen LogP contribution in [0.5, 0.6) is 0 Å². The SMILES string of the molecule is CCOC(=O)c1c(C)oc2ncn(CC#N)c(=O)c12. The first-order valence-corrected chi connectivity index (χ1v) is 5.62. The minimum atomic E-state index is -0.632. The van der Waals surface area contributed by atoms with Crippen LogP contribution in [0.2, 0.25) is 0 Å². The summed E-state index contributed by atoms with van der Waals surface area (Å²) in [6.07, 6.45) is 1.21. The number of rotatable bonds is 3. The molecule has 0 bridgehead atoms. The monoisotopic (exact) mass is 261 g/mol. The second-order valence-electron chi connectivity index (χ2n) is 3.77. The smallest absolute Gasteiger partial charge is 0.342 e. The zero-order chi connectivity index (χ0) is 14.0. The quantitative estimate of drug-likeness (QED) is 0.764. The van der Waals surface area contributed by atoms with E-state index < -0.39 is 11.5 Å². The van der Waals surface area contributed by atoms with Crippen LogP contribution in [0.3, 0.4) is 0 Å². The summed E-state index contributed by atoms with van der Waals surface area (Å²) < 4.78 is 11.3. The molecule has 2 rings (SSSR count). The molecule has 0 aliphatic carbocycles. The number of carbonyl (C=O) groups excluding carboxylic acids is 1. The minimum Gasteiger partial charge on any atom is -0.462 e. The van der Waals surface area contributed by atoms with Crippen molar-refractivity contribution in [1.82, 2.24) is 9.55 Å². The van der Waals surface area contributed by atoms with E-state index in [0.717, 1.165) is 4.57 Å². The Morgan fingerprint density at radius 3 is 3.00 bits per heavy atom. The van der Waals surface area contributed by atoms with E-state index in [9.17, 15) is 9.59 Å². The van der Waals surface area contributed by atoms with E-state index in [1.807, 2.05) is 6.07 Å². The van der Waals surface area contributed by atoms with Crippen LogP contribution in [-0.4, -0.2) is 22.1 Å². The molecule has 98 valence electrons. The highest BCUT2D eigenvalue weighted by Gasteiger charge is 2.23. The Hall–Kier alpha value is -2.62. The van der Waals surface area contributed by atoms with Gasteiger partial charge in [0.2, 0.25) is 5.71 Å². The third-order valence-corrected chi connectivity index (χ3v) is 2.58. The van der Waals surface area contributed by atoms with E-state index in [2.05, 4.69) is 4.98 Å². The Labute approximate surface area is 108 Å². The number of nitrogens with zero attached hydrogens (tertiary/aromatic N) is 3. The van der Waals surface area contributed by atoms with Gasteiger partial charge in [-0.05, 0) is 13.8 Å². The van der Waals surface area contributed by atoms with Crippen LogP contribution in [0.4, 0.5) is 0 Å². The van der Waals surface area contributed by atoms with E-state index in [0.29, 0.717) is 0 Å². The maximum atomic E-state index is 12.2. The van der Waals surface area contributed by atoms with Gasteiger partial charge in [0.1, 0.15) is 29.6 Å². The number of ether oxygens (including phenoxy) is 1. The van der Waals surface area contributed by atoms with E-state index >= 15 is 0 Å². The van der Waals surface area contributed by atoms with Crippen molar-refractivity contribution < 1.29 is 13.9 Å². The lowest BCUT2D eigenvalue weighted by Crippen LogP contribution is -2.21. The molecule has 0 fully saturated rings. The molecule has 0 saturated carbocycles. The van der Waals surface area contributed by atoms with Gasteiger partial charge in [-0.3, -0.25) is 9.36 Å². The third kappa shape index (κ3) is 2.08. The second-order valence-corrected chi connectivity index (χ2v) is 3.77. The van der Waals surface area contributed by atoms with Crippen molar-refractivity contribution in [2.24, 2.45) is 0 Å². The summed E-state index contributed by atoms with van der Waals surface area (Å²) in [6.45, 7) is 3.27. The average Bonchev–Trinajstić information content (AvgIpc) is 2.70. The molecule has 0 aromatic carbocycles. The number of nitriles is 1. The number of aromatic nitrogens is 2. The van der Waals surface area contributed by atoms with Crippen molar-refractivity contribution >= 4 is 17.1 Å². The first-order chi connectivity index (χ1) is 9.10. The molecule has 19 heavy (non-hydrogen) atoms. The molecular formula is C12H11N3O4. The number of fused-ring (bicyclic) bond motifs is 1. The van der Waals surface area contributed by atoms with Gasteiger partial charge in [-0.1, -0.05) is 0 Å². The number of hydrogen-bond donors (Lipinski definition) is 0. The molecule has 0 saturated heterocycles. The Morgan fingerprint density at radius 2 is 2.37 bits per heavy atom. The zero-order valence-electron chi connectivity index (χ0n) is 10.5. The number of aryl methyl sites for hydroxylation is 1. The topological polar surface area (TPSA) is 98.1 Å². The van der Waals surface area contributed by atoms with Gasteiger partial charge in [-0.25, -0.2) is 9.78 Å². The van der Waals surface area contributed by atoms with Crippen LogP contribution in [0, 0.1) is 18.3 Å². The van der Waals surface area contributed by atoms with Gasteiger partial charge in [0.25, 0.3) is 5.56 Å². The van der Waals surface area contributed by atoms with Crippen LogP contribution < -0.4 is 5.56 Å². The van der Waals surface area contributed by atoms with Gasteiger partial charge in [0.15, 0.2) is 0 Å². The predicted octanol–water partition coefficient (Wildman–Crippen LogP) is 0.998. The van der Waals surface area contributed by atoms with Gasteiger partial charge < -0.3 is 9.15 Å². The van der Waals surface area contributed by atoms with Crippen molar-refractivity contribution in [2.75, 3.05) is 6.61 Å². The fourth-order valence-corrected chi connectivity index (χ4v) is 1.78. The second kappa shape index (κ2) is 4.94. The first-order valence-electron chi connectivity index (χ1n) is 5.62. The van der Waals surface area contributed by atoms with E-state index in [1.54, 1.807) is 13.8 Å². The molecule has 0 atom stereocenters. The molecule has 0 aliphatic rings. The van der Waals surface area contributed by atoms with Crippen LogP contribution in [0.15, 0.2) is 15.5 Å². The summed E-state index contributed by atoms with van der Waals surface area (Å²) in [4.78, 5) is 27.9. The van der Waals surface area contributed by atoms with Crippen molar-refractivity contribution in [3.63, 3.8) is 0 Å². The Balaban J connectivity index is 2.73. The lowest BCUT2D eigenvalue weighted by atomic mass is 10.2. The normalized spacial score (nSPS) is 10.4. The zero-order valence-corrected chi connectivity index (χ0v) is 10.5. The lowest BCUT2D eigenvalue weighted by Gasteiger charge is -2.01. The molecule has 2 aromatic heterocycles. The van der Waals surface area contributed by atoms with E-state index in [-0.39, 0.29) is 35.6 Å². The van der Waals surface area contributed by atoms with Gasteiger partial charge in [0, 0.05) is 0 Å². The predicted molar refractivity (Wildman–Crippen MR) is 64.6 cm³/mol. The average molecular weight is 261 g/mol. The summed E-state index contributed by atoms with van der Waals surface area (Å²) in [5.41, 5.74) is -0.354. The fraction of sp³-hybridized carbons (Fsp3) is 0.333. The molecule has 7 nitrogen and oxygen atoms in total. The highest BCUT2D eigenvalue weighted by molar-refractivity contribution is 6.03. The van der Waals surface area contributed by atoms with Crippen LogP contribution in [0.25, 0.3) is 11.1 Å². The Morgan fingerprint density at radius 1 is 1.63 bits per heavy atom. The molecule has 0 unspecified atom stereocenters. The Bertz CT molecular complexity index is 736. The number of furan rings is 1. The number of carbonyl (C=O) groups is 1. The maximum Gasteiger partial charge on any atom is 0.342 e. The van der Waals surface area contributed by atoms with Crippen molar-refractivity contribution in [3.8, 4) is 6.07 Å². The molecule has 0 amide bonds. The van der Waals surface area contributed by atoms with Gasteiger partial charge in [0.05, 0.1) is 12.7 Å². The lowest BCUT2D eigenvalue weighted by molar-refractivity contribution is 0.0526. The molecule has 0 spiro atoms. The first kappa shape index (κ1) is 12.8. The van der Waals surface area contributed by atoms with Gasteiger partial charge in [-0.15, -0.1) is 0 Å². The van der Waals surface area contributed by atoms with Crippen molar-refractivity contribution in [2.45, 2.75) is 20.4 Å². The van der Waals surface area contributed by atoms with E-state index in [1.165, 1.54) is 6.33 Å². The van der Waals surface area contributed by atoms with Crippen LogP contribution >= 0.6 is 0 Å². The molecule has 2 aromatic rings. The van der Waals surface area contributed by atoms with Crippen molar-refractivity contribution in [3.05, 3.63) is 28.0 Å². The van der Waals surface area contributed by atoms with E-state index in [4.69, 9.17) is 14.4 Å². The molecule has 7 heteroatoms. The summed E-state index contributed by atoms with van der Waals surface area (Å²) in [7, 11) is 0. The highest BCUT2D eigenvalue weighted by atomic mass is 16.5. The number of hydrogen-bond acceptors (Lipinski definition) is 6. The minimum absolute atomic E-state index is 0.0497. The van der Waals surface area contributed by atoms with Crippen molar-refractivity contribution in [1.29, 1.82) is 5.26 Å². The number of esters is 1. The third-order valence-electron chi connectivity index (χ3n) is 2.58. The molecule has 0 N–H and O–H groups in total. The standard InChI is InChI=1S/C12H11N3O4/c1-3-18-12(17)8-7(2)19-10-9(8)11(16)15(5-4-13)6-14-10/h6H,3,5H2,1-2H3. The fourth-order valence-electron chi connectivity index (χ4n) is 1.78.